The van der Waals surface area contributed by atoms with E-state index in [1.54, 1.807) is 18.1 Å². The van der Waals surface area contributed by atoms with Gasteiger partial charge in [0, 0.05) is 53.4 Å². The minimum absolute atomic E-state index is 0.0962. The number of aromatic nitrogens is 1. The zero-order chi connectivity index (χ0) is 25.4. The molecule has 0 saturated carbocycles. The Bertz CT molecular complexity index is 1460. The molecule has 1 aliphatic heterocycles. The maximum absolute atomic E-state index is 14.1. The molecular formula is C29H28BrN3O3. The van der Waals surface area contributed by atoms with E-state index in [9.17, 15) is 9.59 Å². The molecule has 0 aliphatic carbocycles. The number of anilines is 1. The van der Waals surface area contributed by atoms with Crippen LogP contribution in [-0.2, 0) is 16.6 Å². The lowest BCUT2D eigenvalue weighted by atomic mass is 9.79. The van der Waals surface area contributed by atoms with Gasteiger partial charge in [0.2, 0.25) is 5.91 Å². The van der Waals surface area contributed by atoms with E-state index in [2.05, 4.69) is 37.9 Å². The lowest BCUT2D eigenvalue weighted by Gasteiger charge is -2.41. The number of aryl methyl sites for hydroxylation is 2. The summed E-state index contributed by atoms with van der Waals surface area (Å²) >= 11 is 3.58. The molecule has 0 fully saturated rings. The summed E-state index contributed by atoms with van der Waals surface area (Å²) in [6, 6.07) is 20.8. The number of nitrogens with zero attached hydrogens (tertiary/aromatic N) is 2. The Kier molecular flexibility index (Phi) is 6.69. The number of fused-ring (bicyclic) bond motifs is 2. The number of para-hydroxylation sites is 1. The summed E-state index contributed by atoms with van der Waals surface area (Å²) in [5.41, 5.74) is 5.05. The van der Waals surface area contributed by atoms with Crippen LogP contribution in [0.5, 0.6) is 0 Å². The Hall–Kier alpha value is -3.42. The third-order valence-electron chi connectivity index (χ3n) is 6.89. The van der Waals surface area contributed by atoms with Crippen molar-refractivity contribution in [1.82, 2.24) is 9.47 Å². The summed E-state index contributed by atoms with van der Waals surface area (Å²) in [4.78, 5) is 29.7. The van der Waals surface area contributed by atoms with Crippen molar-refractivity contribution in [1.29, 1.82) is 0 Å². The van der Waals surface area contributed by atoms with E-state index < -0.39 is 12.0 Å². The molecule has 6 nitrogen and oxygen atoms in total. The quantitative estimate of drug-likeness (QED) is 0.332. The molecular weight excluding hydrogens is 518 g/mol. The van der Waals surface area contributed by atoms with Crippen molar-refractivity contribution in [2.24, 2.45) is 7.05 Å². The number of nitrogens with one attached hydrogen (secondary N) is 1. The molecule has 4 aromatic rings. The molecule has 1 aliphatic rings. The molecule has 5 rings (SSSR count). The van der Waals surface area contributed by atoms with Crippen LogP contribution in [0.15, 0.2) is 77.4 Å². The van der Waals surface area contributed by atoms with Gasteiger partial charge >= 0.3 is 0 Å². The van der Waals surface area contributed by atoms with Crippen LogP contribution in [0.4, 0.5) is 5.69 Å². The molecule has 2 amide bonds. The molecule has 0 unspecified atom stereocenters. The fraction of sp³-hybridized carbons (Fsp3) is 0.241. The molecule has 0 bridgehead atoms. The van der Waals surface area contributed by atoms with Crippen molar-refractivity contribution in [3.05, 3.63) is 99.7 Å². The number of halogens is 1. The minimum atomic E-state index is -0.616. The Labute approximate surface area is 219 Å². The van der Waals surface area contributed by atoms with Crippen LogP contribution in [-0.4, -0.2) is 41.5 Å². The number of carbonyl (C=O) groups is 2. The fourth-order valence-corrected chi connectivity index (χ4v) is 5.79. The second-order valence-corrected chi connectivity index (χ2v) is 10.0. The average molecular weight is 546 g/mol. The van der Waals surface area contributed by atoms with Gasteiger partial charge in [-0.2, -0.15) is 0 Å². The van der Waals surface area contributed by atoms with Gasteiger partial charge in [0.15, 0.2) is 0 Å². The number of carbonyl (C=O) groups excluding carboxylic acids is 2. The summed E-state index contributed by atoms with van der Waals surface area (Å²) in [5.74, 6) is -0.879. The Morgan fingerprint density at radius 2 is 1.81 bits per heavy atom. The fourth-order valence-electron chi connectivity index (χ4n) is 5.20. The van der Waals surface area contributed by atoms with Gasteiger partial charge in [0.25, 0.3) is 5.91 Å². The molecule has 2 atom stereocenters. The SMILES string of the molecule is COCCN1C(=O)c2ccccc2[C@H](C(=O)Nc2ccc(C)cc2Br)[C@@H]1c1cn(C)c2ccccc12. The maximum atomic E-state index is 14.1. The van der Waals surface area contributed by atoms with Crippen LogP contribution < -0.4 is 5.32 Å². The van der Waals surface area contributed by atoms with E-state index in [0.29, 0.717) is 24.4 Å². The van der Waals surface area contributed by atoms with Crippen molar-refractivity contribution in [2.75, 3.05) is 25.6 Å². The molecule has 36 heavy (non-hydrogen) atoms. The van der Waals surface area contributed by atoms with Gasteiger partial charge in [-0.25, -0.2) is 0 Å². The molecule has 0 saturated heterocycles. The first-order valence-electron chi connectivity index (χ1n) is 11.9. The molecule has 0 radical (unpaired) electrons. The lowest BCUT2D eigenvalue weighted by Crippen LogP contribution is -2.47. The summed E-state index contributed by atoms with van der Waals surface area (Å²) < 4.78 is 8.24. The monoisotopic (exact) mass is 545 g/mol. The van der Waals surface area contributed by atoms with Crippen LogP contribution in [0.25, 0.3) is 10.9 Å². The van der Waals surface area contributed by atoms with Crippen LogP contribution in [0.3, 0.4) is 0 Å². The lowest BCUT2D eigenvalue weighted by molar-refractivity contribution is -0.119. The molecule has 1 aromatic heterocycles. The number of methoxy groups -OCH3 is 1. The van der Waals surface area contributed by atoms with E-state index >= 15 is 0 Å². The Balaban J connectivity index is 1.69. The first-order valence-corrected chi connectivity index (χ1v) is 12.7. The summed E-state index contributed by atoms with van der Waals surface area (Å²) in [6.45, 7) is 2.74. The van der Waals surface area contributed by atoms with Gasteiger partial charge in [-0.3, -0.25) is 9.59 Å². The number of hydrogen-bond acceptors (Lipinski definition) is 3. The van der Waals surface area contributed by atoms with Crippen molar-refractivity contribution in [3.8, 4) is 0 Å². The smallest absolute Gasteiger partial charge is 0.254 e. The van der Waals surface area contributed by atoms with Crippen molar-refractivity contribution < 1.29 is 14.3 Å². The predicted molar refractivity (Wildman–Crippen MR) is 145 cm³/mol. The standard InChI is InChI=1S/C29H28BrN3O3/c1-18-12-13-24(23(30)16-18)31-28(34)26-20-9-4-5-10-21(20)29(35)33(14-15-36-3)27(26)22-17-32(2)25-11-7-6-8-19(22)25/h4-13,16-17,26-27H,14-15H2,1-3H3,(H,31,34)/t26-,27-/m0/s1. The van der Waals surface area contributed by atoms with Gasteiger partial charge in [-0.1, -0.05) is 42.5 Å². The van der Waals surface area contributed by atoms with Crippen LogP contribution >= 0.6 is 15.9 Å². The second kappa shape index (κ2) is 9.91. The predicted octanol–water partition coefficient (Wildman–Crippen LogP) is 5.82. The molecule has 184 valence electrons. The summed E-state index contributed by atoms with van der Waals surface area (Å²) in [5, 5.41) is 4.15. The molecule has 1 N–H and O–H groups in total. The zero-order valence-corrected chi connectivity index (χ0v) is 22.1. The third kappa shape index (κ3) is 4.22. The van der Waals surface area contributed by atoms with Gasteiger partial charge in [-0.15, -0.1) is 0 Å². The van der Waals surface area contributed by atoms with Crippen LogP contribution in [0.1, 0.15) is 39.0 Å². The normalized spacial score (nSPS) is 17.3. The van der Waals surface area contributed by atoms with E-state index in [-0.39, 0.29) is 11.8 Å². The highest BCUT2D eigenvalue weighted by atomic mass is 79.9. The number of benzene rings is 3. The highest BCUT2D eigenvalue weighted by Gasteiger charge is 2.45. The number of hydrogen-bond donors (Lipinski definition) is 1. The van der Waals surface area contributed by atoms with Gasteiger partial charge in [0.05, 0.1) is 24.3 Å². The number of rotatable bonds is 6. The highest BCUT2D eigenvalue weighted by Crippen LogP contribution is 2.45. The first-order chi connectivity index (χ1) is 17.4. The van der Waals surface area contributed by atoms with Crippen molar-refractivity contribution >= 4 is 44.3 Å². The highest BCUT2D eigenvalue weighted by molar-refractivity contribution is 9.10. The molecule has 2 heterocycles. The zero-order valence-electron chi connectivity index (χ0n) is 20.5. The Morgan fingerprint density at radius 3 is 2.58 bits per heavy atom. The molecule has 7 heteroatoms. The van der Waals surface area contributed by atoms with Gasteiger partial charge < -0.3 is 19.5 Å². The maximum Gasteiger partial charge on any atom is 0.254 e. The minimum Gasteiger partial charge on any atom is -0.383 e. The third-order valence-corrected chi connectivity index (χ3v) is 7.54. The van der Waals surface area contributed by atoms with E-state index in [0.717, 1.165) is 32.1 Å². The number of ether oxygens (including phenoxy) is 1. The molecule has 0 spiro atoms. The first kappa shape index (κ1) is 24.3. The largest absolute Gasteiger partial charge is 0.383 e. The summed E-state index contributed by atoms with van der Waals surface area (Å²) in [6.07, 6.45) is 2.04. The second-order valence-electron chi connectivity index (χ2n) is 9.19. The van der Waals surface area contributed by atoms with Crippen LogP contribution in [0, 0.1) is 6.92 Å². The summed E-state index contributed by atoms with van der Waals surface area (Å²) in [7, 11) is 3.61. The average Bonchev–Trinajstić information content (AvgIpc) is 3.21. The van der Waals surface area contributed by atoms with Crippen molar-refractivity contribution in [2.45, 2.75) is 18.9 Å². The Morgan fingerprint density at radius 1 is 1.06 bits per heavy atom. The molecule has 3 aromatic carbocycles. The van der Waals surface area contributed by atoms with E-state index in [4.69, 9.17) is 4.74 Å². The van der Waals surface area contributed by atoms with Gasteiger partial charge in [-0.05, 0) is 58.2 Å². The van der Waals surface area contributed by atoms with E-state index in [1.807, 2.05) is 68.7 Å². The van der Waals surface area contributed by atoms with Crippen molar-refractivity contribution in [3.63, 3.8) is 0 Å². The van der Waals surface area contributed by atoms with Gasteiger partial charge in [0.1, 0.15) is 0 Å². The van der Waals surface area contributed by atoms with Crippen LogP contribution in [0.2, 0.25) is 0 Å². The number of amides is 2. The topological polar surface area (TPSA) is 63.6 Å². The van der Waals surface area contributed by atoms with E-state index in [1.165, 1.54) is 0 Å².